The Morgan fingerprint density at radius 1 is 0.765 bits per heavy atom. The first-order valence-electron chi connectivity index (χ1n) is 27.0. The number of benzene rings is 5. The number of nitrogens with zero attached hydrogens (tertiary/aromatic N) is 3. The highest BCUT2D eigenvalue weighted by molar-refractivity contribution is 7.89. The summed E-state index contributed by atoms with van der Waals surface area (Å²) < 4.78 is 107. The number of esters is 1. The number of rotatable bonds is 29. The lowest BCUT2D eigenvalue weighted by Gasteiger charge is -2.38. The van der Waals surface area contributed by atoms with Gasteiger partial charge >= 0.3 is 5.97 Å². The predicted octanol–water partition coefficient (Wildman–Crippen LogP) is 3.49. The summed E-state index contributed by atoms with van der Waals surface area (Å²) >= 11 is 0. The van der Waals surface area contributed by atoms with Gasteiger partial charge in [0.25, 0.3) is 20.2 Å². The first-order chi connectivity index (χ1) is 40.3. The van der Waals surface area contributed by atoms with Crippen molar-refractivity contribution in [2.24, 2.45) is 0 Å². The fraction of sp³-hybridized carbons (Fsp3) is 0.345. The summed E-state index contributed by atoms with van der Waals surface area (Å²) in [4.78, 5) is 72.2. The maximum Gasteiger partial charge on any atom is 0.325 e. The van der Waals surface area contributed by atoms with E-state index in [1.165, 1.54) is 32.9 Å². The second kappa shape index (κ2) is 28.2. The van der Waals surface area contributed by atoms with E-state index in [9.17, 15) is 53.8 Å². The van der Waals surface area contributed by atoms with Crippen LogP contribution in [-0.2, 0) is 66.3 Å². The maximum atomic E-state index is 14.0. The minimum Gasteiger partial charge on any atom is -0.494 e. The fourth-order valence-electron chi connectivity index (χ4n) is 10.4. The number of imidazole rings is 1. The van der Waals surface area contributed by atoms with Crippen LogP contribution in [-0.4, -0.2) is 149 Å². The number of sulfonamides is 1. The number of aromatic nitrogens is 2. The Kier molecular flexibility index (Phi) is 21.4. The van der Waals surface area contributed by atoms with E-state index in [1.807, 2.05) is 72.9 Å². The van der Waals surface area contributed by atoms with E-state index in [-0.39, 0.29) is 73.1 Å². The number of hydrogen-bond acceptors (Lipinski definition) is 17. The number of ketones is 1. The molecule has 5 aromatic carbocycles. The molecule has 0 fully saturated rings. The van der Waals surface area contributed by atoms with E-state index < -0.39 is 102 Å². The molecule has 0 spiro atoms. The van der Waals surface area contributed by atoms with Crippen molar-refractivity contribution in [1.29, 1.82) is 0 Å². The molecule has 0 bridgehead atoms. The minimum atomic E-state index is -4.68. The van der Waals surface area contributed by atoms with Crippen molar-refractivity contribution in [2.75, 3.05) is 62.1 Å². The lowest BCUT2D eigenvalue weighted by atomic mass is 9.76. The van der Waals surface area contributed by atoms with Gasteiger partial charge in [0.15, 0.2) is 5.78 Å². The monoisotopic (exact) mass is 1230 g/mol. The molecule has 4 atom stereocenters. The molecule has 3 amide bonds. The molecule has 1 aliphatic rings. The van der Waals surface area contributed by atoms with Crippen LogP contribution < -0.4 is 40.9 Å². The molecule has 1 aromatic heterocycles. The van der Waals surface area contributed by atoms with Crippen LogP contribution in [0.1, 0.15) is 69.9 Å². The molecule has 1 aliphatic heterocycles. The molecule has 0 radical (unpaired) electrons. The summed E-state index contributed by atoms with van der Waals surface area (Å²) in [6, 6.07) is 33.6. The summed E-state index contributed by atoms with van der Waals surface area (Å²) in [6.45, 7) is 3.87. The van der Waals surface area contributed by atoms with Gasteiger partial charge in [-0.15, -0.1) is 0 Å². The van der Waals surface area contributed by atoms with E-state index in [0.717, 1.165) is 29.4 Å². The second-order valence-electron chi connectivity index (χ2n) is 20.4. The van der Waals surface area contributed by atoms with E-state index in [1.54, 1.807) is 24.2 Å². The SMILES string of the molecule is COC(=O)C(CNC(=O)[C@@H]1CC(=O)c2ccc(CNc3nccn3C(c3ccccc3)(c3ccccc3)c3ccccc3)cc2N1C)NS(=O)(=O)c1c(C)cc(OCCCC(=O)NCCNC(=O)[C@H](CS(=O)(=O)O)N[C@H](C)CS(=O)(=O)O)cc1C. The molecular formula is C58H69N9O15S3. The number of Topliss-reactive ketones (excluding diaryl/α,β-unsaturated/α-hetero) is 1. The van der Waals surface area contributed by atoms with Gasteiger partial charge in [0.05, 0.1) is 30.1 Å². The summed E-state index contributed by atoms with van der Waals surface area (Å²) in [5, 5.41) is 13.6. The first-order valence-corrected chi connectivity index (χ1v) is 31.7. The number of carbonyl (C=O) groups is 5. The van der Waals surface area contributed by atoms with Gasteiger partial charge in [0.1, 0.15) is 29.4 Å². The molecule has 2 heterocycles. The lowest BCUT2D eigenvalue weighted by molar-refractivity contribution is -0.142. The average Bonchev–Trinajstić information content (AvgIpc) is 1.77. The summed E-state index contributed by atoms with van der Waals surface area (Å²) in [6.07, 6.45) is 3.67. The van der Waals surface area contributed by atoms with Crippen molar-refractivity contribution in [3.05, 3.63) is 173 Å². The Hall–Kier alpha value is -8.05. The zero-order chi connectivity index (χ0) is 61.7. The van der Waals surface area contributed by atoms with E-state index in [2.05, 4.69) is 72.3 Å². The van der Waals surface area contributed by atoms with E-state index in [4.69, 9.17) is 19.0 Å². The van der Waals surface area contributed by atoms with Crippen LogP contribution in [0.4, 0.5) is 11.6 Å². The summed E-state index contributed by atoms with van der Waals surface area (Å²) in [5.74, 6) is -4.32. The van der Waals surface area contributed by atoms with Crippen LogP contribution in [0.15, 0.2) is 139 Å². The molecule has 8 N–H and O–H groups in total. The molecule has 27 heteroatoms. The largest absolute Gasteiger partial charge is 0.494 e. The Bertz CT molecular complexity index is 3590. The standard InChI is InChI=1S/C58H69N9O15S3/c1-38-30-45(82-29-15-22-52(69)59-25-26-60-54(70)48(37-84(76,77)78)64-40(3)36-83(73,74)75)31-39(2)53(38)85(79,80)65-47(56(72)81-5)35-62-55(71)50-33-51(68)46-24-23-41(32-49(46)66(50)4)34-63-57-61-27-28-67(57)58(42-16-9-6-10-17-42,43-18-11-7-12-19-43)44-20-13-8-14-21-44/h6-14,16-21,23-24,27-28,30-32,40,47-48,50,64-65H,15,22,25-26,29,33-37H2,1-5H3,(H,59,69)(H,60,70)(H,61,63)(H,62,71)(H,73,74,75)(H,76,77,78)/t40-,47?,48+,50+/m1/s1. The minimum absolute atomic E-state index is 0.0235. The van der Waals surface area contributed by atoms with Crippen LogP contribution in [0.3, 0.4) is 0 Å². The van der Waals surface area contributed by atoms with Crippen LogP contribution in [0.25, 0.3) is 0 Å². The summed E-state index contributed by atoms with van der Waals surface area (Å²) in [7, 11) is -10.9. The Morgan fingerprint density at radius 3 is 1.91 bits per heavy atom. The summed E-state index contributed by atoms with van der Waals surface area (Å²) in [5.41, 5.74) is 4.39. The number of hydrogen-bond donors (Lipinski definition) is 8. The molecule has 24 nitrogen and oxygen atoms in total. The van der Waals surface area contributed by atoms with Crippen LogP contribution in [0.5, 0.6) is 5.75 Å². The first kappa shape index (κ1) is 64.5. The molecule has 0 saturated heterocycles. The molecular weight excluding hydrogens is 1160 g/mol. The van der Waals surface area contributed by atoms with Gasteiger partial charge in [-0.25, -0.2) is 13.4 Å². The third-order valence-corrected chi connectivity index (χ3v) is 17.5. The Balaban J connectivity index is 0.933. The topological polar surface area (TPSA) is 340 Å². The van der Waals surface area contributed by atoms with Crippen LogP contribution >= 0.6 is 0 Å². The Morgan fingerprint density at radius 2 is 1.34 bits per heavy atom. The average molecular weight is 1230 g/mol. The van der Waals surface area contributed by atoms with Crippen molar-refractivity contribution in [2.45, 2.75) is 81.2 Å². The zero-order valence-electron chi connectivity index (χ0n) is 47.4. The van der Waals surface area contributed by atoms with Crippen LogP contribution in [0, 0.1) is 13.8 Å². The van der Waals surface area contributed by atoms with Gasteiger partial charge in [-0.3, -0.25) is 37.6 Å². The van der Waals surface area contributed by atoms with Crippen molar-refractivity contribution in [3.8, 4) is 5.75 Å². The number of carbonyl (C=O) groups excluding carboxylic acids is 5. The number of likely N-dealkylation sites (N-methyl/N-ethyl adjacent to an activating group) is 1. The molecule has 6 aromatic rings. The normalized spacial score (nSPS) is 14.7. The highest BCUT2D eigenvalue weighted by Crippen LogP contribution is 2.42. The number of amides is 3. The number of nitrogens with one attached hydrogen (secondary N) is 6. The van der Waals surface area contributed by atoms with Gasteiger partial charge in [0, 0.05) is 75.8 Å². The number of aryl methyl sites for hydroxylation is 2. The highest BCUT2D eigenvalue weighted by atomic mass is 32.2. The quantitative estimate of drug-likeness (QED) is 0.0144. The molecule has 454 valence electrons. The number of ether oxygens (including phenoxy) is 2. The van der Waals surface area contributed by atoms with Crippen molar-refractivity contribution in [1.82, 2.24) is 35.5 Å². The molecule has 0 aliphatic carbocycles. The van der Waals surface area contributed by atoms with Gasteiger partial charge in [-0.2, -0.15) is 21.6 Å². The maximum absolute atomic E-state index is 14.0. The van der Waals surface area contributed by atoms with Crippen molar-refractivity contribution >= 4 is 71.4 Å². The van der Waals surface area contributed by atoms with E-state index in [0.29, 0.717) is 17.2 Å². The predicted molar refractivity (Wildman–Crippen MR) is 317 cm³/mol. The number of methoxy groups -OCH3 is 1. The van der Waals surface area contributed by atoms with Crippen molar-refractivity contribution in [3.63, 3.8) is 0 Å². The van der Waals surface area contributed by atoms with Gasteiger partial charge < -0.3 is 41.0 Å². The van der Waals surface area contributed by atoms with Gasteiger partial charge in [-0.1, -0.05) is 97.1 Å². The Labute approximate surface area is 494 Å². The molecule has 7 rings (SSSR count). The third kappa shape index (κ3) is 16.6. The lowest BCUT2D eigenvalue weighted by Crippen LogP contribution is -2.54. The van der Waals surface area contributed by atoms with Crippen LogP contribution in [0.2, 0.25) is 0 Å². The van der Waals surface area contributed by atoms with E-state index >= 15 is 0 Å². The van der Waals surface area contributed by atoms with Gasteiger partial charge in [-0.05, 0) is 84.8 Å². The fourth-order valence-corrected chi connectivity index (χ4v) is 13.4. The third-order valence-electron chi connectivity index (χ3n) is 14.1. The zero-order valence-corrected chi connectivity index (χ0v) is 49.8. The molecule has 1 unspecified atom stereocenters. The second-order valence-corrected chi connectivity index (χ2v) is 25.1. The van der Waals surface area contributed by atoms with Gasteiger partial charge in [0.2, 0.25) is 33.7 Å². The number of fused-ring (bicyclic) bond motifs is 1. The highest BCUT2D eigenvalue weighted by Gasteiger charge is 2.41. The molecule has 0 saturated carbocycles. The van der Waals surface area contributed by atoms with Crippen molar-refractivity contribution < 1.29 is 67.8 Å². The number of anilines is 2. The smallest absolute Gasteiger partial charge is 0.325 e. The molecule has 85 heavy (non-hydrogen) atoms.